The molecule has 22 heavy (non-hydrogen) atoms. The summed E-state index contributed by atoms with van der Waals surface area (Å²) in [5.41, 5.74) is 0.423. The van der Waals surface area contributed by atoms with Crippen molar-refractivity contribution in [2.45, 2.75) is 113 Å². The Hall–Kier alpha value is -0.0800. The molecule has 0 rings (SSSR count). The van der Waals surface area contributed by atoms with Crippen LogP contribution in [0.4, 0.5) is 0 Å². The molecule has 0 bridgehead atoms. The zero-order valence-corrected chi connectivity index (χ0v) is 17.2. The van der Waals surface area contributed by atoms with Crippen molar-refractivity contribution < 1.29 is 9.47 Å². The van der Waals surface area contributed by atoms with Crippen molar-refractivity contribution >= 4 is 0 Å². The standard InChI is InChI=1S/C20H42O2/c1-16(22-20(10,11)15-18(5,6)7)12-13-21-19(8,9)14-17(2,3)4/h16H,12-15H2,1-11H3. The molecule has 134 valence electrons. The van der Waals surface area contributed by atoms with Crippen LogP contribution in [0.5, 0.6) is 0 Å². The lowest BCUT2D eigenvalue weighted by atomic mass is 9.83. The van der Waals surface area contributed by atoms with Crippen LogP contribution in [0.3, 0.4) is 0 Å². The Labute approximate surface area is 140 Å². The fourth-order valence-corrected chi connectivity index (χ4v) is 3.75. The van der Waals surface area contributed by atoms with Crippen LogP contribution in [0.1, 0.15) is 95.4 Å². The lowest BCUT2D eigenvalue weighted by molar-refractivity contribution is -0.105. The molecular weight excluding hydrogens is 272 g/mol. The Bertz CT molecular complexity index is 316. The molecule has 0 aromatic heterocycles. The van der Waals surface area contributed by atoms with E-state index in [1.165, 1.54) is 0 Å². The predicted octanol–water partition coefficient (Wildman–Crippen LogP) is 6.23. The molecule has 1 atom stereocenters. The van der Waals surface area contributed by atoms with Crippen LogP contribution in [0.2, 0.25) is 0 Å². The third kappa shape index (κ3) is 12.5. The molecule has 0 N–H and O–H groups in total. The van der Waals surface area contributed by atoms with Crippen molar-refractivity contribution in [1.29, 1.82) is 0 Å². The minimum Gasteiger partial charge on any atom is -0.375 e. The van der Waals surface area contributed by atoms with E-state index in [1.807, 2.05) is 0 Å². The Morgan fingerprint density at radius 3 is 1.50 bits per heavy atom. The molecule has 0 spiro atoms. The van der Waals surface area contributed by atoms with Gasteiger partial charge in [-0.05, 0) is 64.7 Å². The van der Waals surface area contributed by atoms with Crippen molar-refractivity contribution in [3.63, 3.8) is 0 Å². The maximum atomic E-state index is 6.25. The summed E-state index contributed by atoms with van der Waals surface area (Å²) in [5.74, 6) is 0. The predicted molar refractivity (Wildman–Crippen MR) is 97.4 cm³/mol. The minimum atomic E-state index is -0.0847. The van der Waals surface area contributed by atoms with E-state index in [-0.39, 0.29) is 22.7 Å². The highest BCUT2D eigenvalue weighted by Crippen LogP contribution is 2.31. The summed E-state index contributed by atoms with van der Waals surface area (Å²) in [6.07, 6.45) is 3.29. The SMILES string of the molecule is CC(CCOC(C)(C)CC(C)(C)C)OC(C)(C)CC(C)(C)C. The van der Waals surface area contributed by atoms with E-state index in [0.717, 1.165) is 25.9 Å². The molecule has 0 aliphatic rings. The summed E-state index contributed by atoms with van der Waals surface area (Å²) >= 11 is 0. The third-order valence-corrected chi connectivity index (χ3v) is 3.45. The summed E-state index contributed by atoms with van der Waals surface area (Å²) < 4.78 is 12.4. The highest BCUT2D eigenvalue weighted by Gasteiger charge is 2.29. The van der Waals surface area contributed by atoms with E-state index in [9.17, 15) is 0 Å². The van der Waals surface area contributed by atoms with Crippen LogP contribution >= 0.6 is 0 Å². The van der Waals surface area contributed by atoms with E-state index < -0.39 is 0 Å². The number of rotatable bonds is 8. The smallest absolute Gasteiger partial charge is 0.0635 e. The van der Waals surface area contributed by atoms with Crippen LogP contribution in [0.25, 0.3) is 0 Å². The van der Waals surface area contributed by atoms with Crippen molar-refractivity contribution in [3.8, 4) is 0 Å². The first-order valence-electron chi connectivity index (χ1n) is 8.83. The van der Waals surface area contributed by atoms with Crippen LogP contribution in [0.15, 0.2) is 0 Å². The Morgan fingerprint density at radius 2 is 1.09 bits per heavy atom. The van der Waals surface area contributed by atoms with Crippen LogP contribution in [-0.2, 0) is 9.47 Å². The summed E-state index contributed by atoms with van der Waals surface area (Å²) in [4.78, 5) is 0. The first kappa shape index (κ1) is 21.9. The second-order valence-electron chi connectivity index (χ2n) is 10.6. The molecule has 0 radical (unpaired) electrons. The van der Waals surface area contributed by atoms with Crippen molar-refractivity contribution in [2.24, 2.45) is 10.8 Å². The van der Waals surface area contributed by atoms with Crippen molar-refractivity contribution in [3.05, 3.63) is 0 Å². The van der Waals surface area contributed by atoms with Gasteiger partial charge in [-0.15, -0.1) is 0 Å². The van der Waals surface area contributed by atoms with E-state index in [1.54, 1.807) is 0 Å². The fraction of sp³-hybridized carbons (Fsp3) is 1.00. The Kier molecular flexibility index (Phi) is 7.63. The van der Waals surface area contributed by atoms with Gasteiger partial charge in [0.05, 0.1) is 17.3 Å². The largest absolute Gasteiger partial charge is 0.375 e. The molecule has 0 heterocycles. The van der Waals surface area contributed by atoms with Crippen molar-refractivity contribution in [1.82, 2.24) is 0 Å². The van der Waals surface area contributed by atoms with Gasteiger partial charge in [-0.3, -0.25) is 0 Å². The normalized spacial score (nSPS) is 16.0. The number of hydrogen-bond acceptors (Lipinski definition) is 2. The quantitative estimate of drug-likeness (QED) is 0.529. The number of hydrogen-bond donors (Lipinski definition) is 0. The lowest BCUT2D eigenvalue weighted by Gasteiger charge is -2.36. The van der Waals surface area contributed by atoms with E-state index in [0.29, 0.717) is 5.41 Å². The molecule has 0 aliphatic carbocycles. The highest BCUT2D eigenvalue weighted by atomic mass is 16.5. The van der Waals surface area contributed by atoms with Gasteiger partial charge in [0.15, 0.2) is 0 Å². The monoisotopic (exact) mass is 314 g/mol. The van der Waals surface area contributed by atoms with E-state index >= 15 is 0 Å². The maximum Gasteiger partial charge on any atom is 0.0635 e. The average molecular weight is 315 g/mol. The fourth-order valence-electron chi connectivity index (χ4n) is 3.75. The summed E-state index contributed by atoms with van der Waals surface area (Å²) in [5, 5.41) is 0. The van der Waals surface area contributed by atoms with E-state index in [2.05, 4.69) is 76.2 Å². The van der Waals surface area contributed by atoms with Gasteiger partial charge >= 0.3 is 0 Å². The molecule has 0 aromatic rings. The van der Waals surface area contributed by atoms with Gasteiger partial charge in [-0.25, -0.2) is 0 Å². The molecule has 0 saturated heterocycles. The summed E-state index contributed by atoms with van der Waals surface area (Å²) in [7, 11) is 0. The molecule has 2 heteroatoms. The van der Waals surface area contributed by atoms with Gasteiger partial charge in [-0.1, -0.05) is 41.5 Å². The van der Waals surface area contributed by atoms with Gasteiger partial charge in [-0.2, -0.15) is 0 Å². The lowest BCUT2D eigenvalue weighted by Crippen LogP contribution is -2.35. The first-order valence-corrected chi connectivity index (χ1v) is 8.83. The minimum absolute atomic E-state index is 0.0705. The van der Waals surface area contributed by atoms with Crippen LogP contribution in [-0.4, -0.2) is 23.9 Å². The second-order valence-corrected chi connectivity index (χ2v) is 10.6. The zero-order valence-electron chi connectivity index (χ0n) is 17.2. The summed E-state index contributed by atoms with van der Waals surface area (Å²) in [6, 6.07) is 0. The first-order chi connectivity index (χ1) is 9.52. The topological polar surface area (TPSA) is 18.5 Å². The molecule has 0 aliphatic heterocycles. The van der Waals surface area contributed by atoms with Crippen molar-refractivity contribution in [2.75, 3.05) is 6.61 Å². The Balaban J connectivity index is 4.22. The second kappa shape index (κ2) is 7.66. The molecule has 0 saturated carbocycles. The Morgan fingerprint density at radius 1 is 0.682 bits per heavy atom. The molecule has 1 unspecified atom stereocenters. The average Bonchev–Trinajstić information content (AvgIpc) is 2.06. The highest BCUT2D eigenvalue weighted by molar-refractivity contribution is 4.79. The molecule has 0 amide bonds. The molecule has 2 nitrogen and oxygen atoms in total. The van der Waals surface area contributed by atoms with E-state index in [4.69, 9.17) is 9.47 Å². The third-order valence-electron chi connectivity index (χ3n) is 3.45. The summed E-state index contributed by atoms with van der Waals surface area (Å²) in [6.45, 7) is 25.3. The van der Waals surface area contributed by atoms with Gasteiger partial charge in [0, 0.05) is 6.61 Å². The molecule has 0 fully saturated rings. The van der Waals surface area contributed by atoms with Crippen LogP contribution < -0.4 is 0 Å². The number of ether oxygens (including phenoxy) is 2. The van der Waals surface area contributed by atoms with Gasteiger partial charge in [0.25, 0.3) is 0 Å². The maximum absolute atomic E-state index is 6.25. The van der Waals surface area contributed by atoms with Crippen LogP contribution in [0, 0.1) is 10.8 Å². The zero-order chi connectivity index (χ0) is 17.8. The molecular formula is C20H42O2. The van der Waals surface area contributed by atoms with Gasteiger partial charge in [0.1, 0.15) is 0 Å². The molecule has 0 aromatic carbocycles. The van der Waals surface area contributed by atoms with Gasteiger partial charge < -0.3 is 9.47 Å². The van der Waals surface area contributed by atoms with Gasteiger partial charge in [0.2, 0.25) is 0 Å².